The van der Waals surface area contributed by atoms with Crippen LogP contribution in [0.4, 0.5) is 24.8 Å². The lowest BCUT2D eigenvalue weighted by molar-refractivity contribution is 0.0477. The summed E-state index contributed by atoms with van der Waals surface area (Å²) in [6, 6.07) is 3.77. The zero-order valence-electron chi connectivity index (χ0n) is 22.6. The third-order valence-corrected chi connectivity index (χ3v) is 7.81. The predicted octanol–water partition coefficient (Wildman–Crippen LogP) is 3.57. The molecule has 1 saturated heterocycles. The fourth-order valence-corrected chi connectivity index (χ4v) is 5.33. The summed E-state index contributed by atoms with van der Waals surface area (Å²) in [5.74, 6) is -0.849. The fourth-order valence-electron chi connectivity index (χ4n) is 4.51. The molecule has 2 aliphatic rings. The van der Waals surface area contributed by atoms with Gasteiger partial charge in [0.05, 0.1) is 49.8 Å². The van der Waals surface area contributed by atoms with Crippen LogP contribution in [-0.2, 0) is 16.0 Å². The first-order valence-electron chi connectivity index (χ1n) is 13.7. The van der Waals surface area contributed by atoms with Gasteiger partial charge in [0.2, 0.25) is 5.95 Å². The number of pyridine rings is 1. The van der Waals surface area contributed by atoms with Crippen LogP contribution in [0.25, 0.3) is 22.2 Å². The Morgan fingerprint density at radius 2 is 1.93 bits per heavy atom. The van der Waals surface area contributed by atoms with Crippen molar-refractivity contribution in [2.75, 3.05) is 62.6 Å². The summed E-state index contributed by atoms with van der Waals surface area (Å²) in [6.45, 7) is 3.15. The van der Waals surface area contributed by atoms with Crippen LogP contribution < -0.4 is 21.3 Å². The van der Waals surface area contributed by atoms with Gasteiger partial charge < -0.3 is 25.2 Å². The molecule has 1 saturated carbocycles. The molecule has 222 valence electrons. The van der Waals surface area contributed by atoms with Gasteiger partial charge in [-0.3, -0.25) is 9.36 Å². The molecule has 0 bridgehead atoms. The van der Waals surface area contributed by atoms with Crippen LogP contribution in [0.2, 0.25) is 0 Å². The minimum Gasteiger partial charge on any atom is -0.378 e. The van der Waals surface area contributed by atoms with E-state index in [-0.39, 0.29) is 30.9 Å². The Bertz CT molecular complexity index is 1410. The number of rotatable bonds is 15. The number of anilines is 2. The normalized spacial score (nSPS) is 17.4. The molecule has 1 aromatic carbocycles. The second-order valence-electron chi connectivity index (χ2n) is 10.1. The van der Waals surface area contributed by atoms with E-state index < -0.39 is 28.9 Å². The van der Waals surface area contributed by atoms with Crippen LogP contribution in [0.1, 0.15) is 19.3 Å². The maximum Gasteiger partial charge on any atom is 0.260 e. The van der Waals surface area contributed by atoms with Crippen LogP contribution in [0, 0.1) is 17.6 Å². The zero-order chi connectivity index (χ0) is 28.8. The Labute approximate surface area is 240 Å². The molecule has 41 heavy (non-hydrogen) atoms. The molecule has 10 nitrogen and oxygen atoms in total. The highest BCUT2D eigenvalue weighted by Gasteiger charge is 2.25. The summed E-state index contributed by atoms with van der Waals surface area (Å²) in [4.78, 5) is 22.7. The molecule has 2 aromatic heterocycles. The third-order valence-electron chi connectivity index (χ3n) is 6.90. The minimum absolute atomic E-state index is 0.0172. The Kier molecular flexibility index (Phi) is 9.98. The molecule has 1 atom stereocenters. The van der Waals surface area contributed by atoms with Gasteiger partial charge in [0, 0.05) is 49.9 Å². The Hall–Kier alpha value is -2.91. The van der Waals surface area contributed by atoms with Gasteiger partial charge in [-0.25, -0.2) is 22.5 Å². The SMILES string of the molecule is NCCOCCOCCn1c(=O)c(-c2c(F)ccc(NSN3CC[C@@H](F)C3)c2F)cc2cnc(NCC3CC3)nc21. The maximum atomic E-state index is 15.7. The van der Waals surface area contributed by atoms with E-state index in [1.807, 2.05) is 0 Å². The number of aromatic nitrogens is 3. The molecule has 0 radical (unpaired) electrons. The van der Waals surface area contributed by atoms with Gasteiger partial charge in [-0.2, -0.15) is 4.98 Å². The van der Waals surface area contributed by atoms with Gasteiger partial charge in [-0.05, 0) is 43.4 Å². The fraction of sp³-hybridized carbons (Fsp3) is 0.519. The summed E-state index contributed by atoms with van der Waals surface area (Å²) in [7, 11) is 0. The number of halogens is 3. The lowest BCUT2D eigenvalue weighted by atomic mass is 10.0. The molecule has 3 heterocycles. The molecule has 14 heteroatoms. The van der Waals surface area contributed by atoms with E-state index in [1.165, 1.54) is 22.9 Å². The molecule has 0 unspecified atom stereocenters. The number of benzene rings is 1. The van der Waals surface area contributed by atoms with Crippen LogP contribution in [0.3, 0.4) is 0 Å². The molecule has 4 N–H and O–H groups in total. The summed E-state index contributed by atoms with van der Waals surface area (Å²) in [5.41, 5.74) is 4.48. The molecule has 1 aliphatic heterocycles. The predicted molar refractivity (Wildman–Crippen MR) is 153 cm³/mol. The largest absolute Gasteiger partial charge is 0.378 e. The number of hydrogen-bond donors (Lipinski definition) is 3. The summed E-state index contributed by atoms with van der Waals surface area (Å²) < 4.78 is 61.3. The lowest BCUT2D eigenvalue weighted by Gasteiger charge is -2.17. The van der Waals surface area contributed by atoms with Crippen molar-refractivity contribution < 1.29 is 22.6 Å². The van der Waals surface area contributed by atoms with E-state index in [0.29, 0.717) is 62.2 Å². The molecular weight excluding hydrogens is 559 g/mol. The van der Waals surface area contributed by atoms with E-state index in [0.717, 1.165) is 37.6 Å². The highest BCUT2D eigenvalue weighted by molar-refractivity contribution is 7.98. The van der Waals surface area contributed by atoms with E-state index >= 15 is 8.78 Å². The van der Waals surface area contributed by atoms with Gasteiger partial charge in [-0.15, -0.1) is 0 Å². The number of nitrogens with one attached hydrogen (secondary N) is 2. The average Bonchev–Trinajstić information content (AvgIpc) is 3.71. The Morgan fingerprint density at radius 3 is 2.66 bits per heavy atom. The lowest BCUT2D eigenvalue weighted by Crippen LogP contribution is -2.26. The molecule has 3 aromatic rings. The smallest absolute Gasteiger partial charge is 0.260 e. The Morgan fingerprint density at radius 1 is 1.12 bits per heavy atom. The van der Waals surface area contributed by atoms with Crippen molar-refractivity contribution in [2.24, 2.45) is 11.7 Å². The second kappa shape index (κ2) is 13.8. The van der Waals surface area contributed by atoms with E-state index in [4.69, 9.17) is 15.2 Å². The van der Waals surface area contributed by atoms with E-state index in [2.05, 4.69) is 20.0 Å². The molecule has 0 amide bonds. The van der Waals surface area contributed by atoms with Crippen molar-refractivity contribution in [1.82, 2.24) is 18.8 Å². The zero-order valence-corrected chi connectivity index (χ0v) is 23.4. The van der Waals surface area contributed by atoms with E-state index in [9.17, 15) is 9.18 Å². The summed E-state index contributed by atoms with van der Waals surface area (Å²) >= 11 is 1.04. The molecular formula is C27H34F3N7O3S. The first-order valence-corrected chi connectivity index (χ1v) is 14.5. The van der Waals surface area contributed by atoms with Crippen LogP contribution >= 0.6 is 12.1 Å². The first-order chi connectivity index (χ1) is 19.9. The standard InChI is InChI=1S/C27H34F3N7O3S/c28-19-5-7-36(16-19)41-35-22-4-3-21(29)23(24(22)30)20-13-18-15-33-27(32-14-17-1-2-17)34-25(18)37(26(20)38)8-10-40-12-11-39-9-6-31/h3-4,13,15,17,19,35H,1-2,5-12,14,16,31H2,(H,32,33,34)/t19-/m1/s1. The number of ether oxygens (including phenoxy) is 2. The van der Waals surface area contributed by atoms with Gasteiger partial charge in [0.1, 0.15) is 17.6 Å². The molecule has 0 spiro atoms. The van der Waals surface area contributed by atoms with Crippen LogP contribution in [-0.4, -0.2) is 77.6 Å². The van der Waals surface area contributed by atoms with Crippen molar-refractivity contribution >= 4 is 34.8 Å². The van der Waals surface area contributed by atoms with Gasteiger partial charge >= 0.3 is 0 Å². The Balaban J connectivity index is 1.44. The van der Waals surface area contributed by atoms with Gasteiger partial charge in [0.25, 0.3) is 5.56 Å². The number of alkyl halides is 1. The van der Waals surface area contributed by atoms with E-state index in [1.54, 1.807) is 4.31 Å². The van der Waals surface area contributed by atoms with Crippen molar-refractivity contribution in [2.45, 2.75) is 32.0 Å². The number of fused-ring (bicyclic) bond motifs is 1. The average molecular weight is 594 g/mol. The molecule has 2 fully saturated rings. The number of nitrogens with zero attached hydrogens (tertiary/aromatic N) is 4. The summed E-state index contributed by atoms with van der Waals surface area (Å²) in [5, 5.41) is 3.64. The second-order valence-corrected chi connectivity index (χ2v) is 11.0. The van der Waals surface area contributed by atoms with Crippen LogP contribution in [0.5, 0.6) is 0 Å². The number of nitrogens with two attached hydrogens (primary N) is 1. The summed E-state index contributed by atoms with van der Waals surface area (Å²) in [6.07, 6.45) is 3.29. The number of hydrogen-bond acceptors (Lipinski definition) is 10. The highest BCUT2D eigenvalue weighted by atomic mass is 32.2. The van der Waals surface area contributed by atoms with Crippen LogP contribution in [0.15, 0.2) is 29.2 Å². The van der Waals surface area contributed by atoms with Gasteiger partial charge in [-0.1, -0.05) is 0 Å². The highest BCUT2D eigenvalue weighted by Crippen LogP contribution is 2.33. The molecule has 5 rings (SSSR count). The monoisotopic (exact) mass is 593 g/mol. The van der Waals surface area contributed by atoms with Crippen molar-refractivity contribution in [3.63, 3.8) is 0 Å². The van der Waals surface area contributed by atoms with Crippen molar-refractivity contribution in [3.8, 4) is 11.1 Å². The van der Waals surface area contributed by atoms with Gasteiger partial charge in [0.15, 0.2) is 5.82 Å². The quantitative estimate of drug-likeness (QED) is 0.178. The molecule has 1 aliphatic carbocycles. The topological polar surface area (TPSA) is 120 Å². The minimum atomic E-state index is -0.942. The van der Waals surface area contributed by atoms with Crippen molar-refractivity contribution in [1.29, 1.82) is 0 Å². The first kappa shape index (κ1) is 29.6. The maximum absolute atomic E-state index is 15.7. The third kappa shape index (κ3) is 7.49. The van der Waals surface area contributed by atoms with Crippen molar-refractivity contribution in [3.05, 3.63) is 46.4 Å².